The van der Waals surface area contributed by atoms with E-state index in [1.807, 2.05) is 29.8 Å². The van der Waals surface area contributed by atoms with Crippen LogP contribution in [0.1, 0.15) is 32.8 Å². The molecule has 0 bridgehead atoms. The van der Waals surface area contributed by atoms with Crippen LogP contribution in [0.5, 0.6) is 0 Å². The zero-order valence-electron chi connectivity index (χ0n) is 17.7. The normalized spacial score (nSPS) is 14.3. The minimum Gasteiger partial charge on any atom is -0.388 e. The highest BCUT2D eigenvalue weighted by atomic mass is 35.5. The van der Waals surface area contributed by atoms with Gasteiger partial charge >= 0.3 is 6.03 Å². The summed E-state index contributed by atoms with van der Waals surface area (Å²) in [4.78, 5) is 12.1. The summed E-state index contributed by atoms with van der Waals surface area (Å²) in [6.07, 6.45) is 2.99. The summed E-state index contributed by atoms with van der Waals surface area (Å²) in [5, 5.41) is 19.6. The van der Waals surface area contributed by atoms with Gasteiger partial charge < -0.3 is 10.4 Å². The Morgan fingerprint density at radius 3 is 2.39 bits per heavy atom. The smallest absolute Gasteiger partial charge is 0.332 e. The Bertz CT molecular complexity index is 1220. The Morgan fingerprint density at radius 1 is 1.19 bits per heavy atom. The number of carbonyl (C=O) groups is 1. The van der Waals surface area contributed by atoms with Crippen LogP contribution in [-0.2, 0) is 15.6 Å². The minimum absolute atomic E-state index is 0.391. The molecule has 0 aliphatic heterocycles. The van der Waals surface area contributed by atoms with Gasteiger partial charge in [-0.05, 0) is 50.1 Å². The molecule has 0 aliphatic carbocycles. The Kier molecular flexibility index (Phi) is 6.05. The van der Waals surface area contributed by atoms with E-state index in [0.717, 1.165) is 11.8 Å². The molecule has 0 radical (unpaired) electrons. The average molecular weight is 465 g/mol. The van der Waals surface area contributed by atoms with Gasteiger partial charge in [0.05, 0.1) is 29.3 Å². The molecule has 1 heterocycles. The van der Waals surface area contributed by atoms with Gasteiger partial charge in [0.25, 0.3) is 0 Å². The summed E-state index contributed by atoms with van der Waals surface area (Å²) in [7, 11) is -3.70. The summed E-state index contributed by atoms with van der Waals surface area (Å²) in [5.74, 6) is 0. The standard InChI is InChI=1S/C21H25ClN4O4S/c1-5-21(20(2,3)28,14-9-11-15(22)12-10-14)26-18-8-6-7-17(16(18)13-23-26)24-19(27)25-31(4,29)30/h6-13,28H,5H2,1-4H3,(H2,24,25,27). The molecule has 2 amide bonds. The van der Waals surface area contributed by atoms with E-state index in [9.17, 15) is 18.3 Å². The molecule has 1 unspecified atom stereocenters. The lowest BCUT2D eigenvalue weighted by Crippen LogP contribution is -2.53. The number of fused-ring (bicyclic) bond motifs is 1. The van der Waals surface area contributed by atoms with Crippen LogP contribution < -0.4 is 10.0 Å². The third-order valence-corrected chi connectivity index (χ3v) is 6.16. The molecular formula is C21H25ClN4O4S. The lowest BCUT2D eigenvalue weighted by molar-refractivity contribution is -0.0297. The number of nitrogens with zero attached hydrogens (tertiary/aromatic N) is 2. The van der Waals surface area contributed by atoms with Gasteiger partial charge in [-0.25, -0.2) is 17.9 Å². The van der Waals surface area contributed by atoms with E-state index in [-0.39, 0.29) is 0 Å². The molecule has 0 aliphatic rings. The van der Waals surface area contributed by atoms with Gasteiger partial charge in [-0.3, -0.25) is 4.68 Å². The maximum absolute atomic E-state index is 12.1. The second-order valence-corrected chi connectivity index (χ2v) is 10.1. The van der Waals surface area contributed by atoms with E-state index in [0.29, 0.717) is 28.0 Å². The van der Waals surface area contributed by atoms with Crippen molar-refractivity contribution in [1.29, 1.82) is 0 Å². The van der Waals surface area contributed by atoms with Crippen LogP contribution in [0.4, 0.5) is 10.5 Å². The first-order valence-electron chi connectivity index (χ1n) is 9.63. The van der Waals surface area contributed by atoms with E-state index < -0.39 is 27.2 Å². The van der Waals surface area contributed by atoms with Crippen LogP contribution in [0.3, 0.4) is 0 Å². The van der Waals surface area contributed by atoms with E-state index in [1.54, 1.807) is 49.0 Å². The number of nitrogens with one attached hydrogen (secondary N) is 2. The van der Waals surface area contributed by atoms with E-state index in [2.05, 4.69) is 10.4 Å². The van der Waals surface area contributed by atoms with Gasteiger partial charge in [0.1, 0.15) is 5.54 Å². The van der Waals surface area contributed by atoms with Crippen molar-refractivity contribution >= 4 is 44.2 Å². The summed E-state index contributed by atoms with van der Waals surface area (Å²) in [5.41, 5.74) is -0.276. The van der Waals surface area contributed by atoms with Crippen molar-refractivity contribution in [2.24, 2.45) is 0 Å². The Hall–Kier alpha value is -2.62. The molecule has 0 spiro atoms. The van der Waals surface area contributed by atoms with Crippen LogP contribution in [-0.4, -0.2) is 41.2 Å². The van der Waals surface area contributed by atoms with E-state index >= 15 is 0 Å². The lowest BCUT2D eigenvalue weighted by atomic mass is 9.74. The van der Waals surface area contributed by atoms with Crippen molar-refractivity contribution in [3.05, 3.63) is 59.2 Å². The van der Waals surface area contributed by atoms with Crippen LogP contribution in [0.2, 0.25) is 5.02 Å². The molecule has 10 heteroatoms. The highest BCUT2D eigenvalue weighted by molar-refractivity contribution is 7.89. The number of benzene rings is 2. The number of urea groups is 1. The molecule has 0 saturated carbocycles. The zero-order valence-corrected chi connectivity index (χ0v) is 19.3. The molecule has 0 saturated heterocycles. The Balaban J connectivity index is 2.18. The first-order chi connectivity index (χ1) is 14.4. The van der Waals surface area contributed by atoms with Crippen molar-refractivity contribution in [2.75, 3.05) is 11.6 Å². The summed E-state index contributed by atoms with van der Waals surface area (Å²) in [6, 6.07) is 11.6. The molecule has 1 aromatic heterocycles. The van der Waals surface area contributed by atoms with E-state index in [4.69, 9.17) is 11.6 Å². The zero-order chi connectivity index (χ0) is 23.0. The molecule has 3 aromatic rings. The topological polar surface area (TPSA) is 113 Å². The van der Waals surface area contributed by atoms with Crippen LogP contribution in [0, 0.1) is 0 Å². The highest BCUT2D eigenvalue weighted by Crippen LogP contribution is 2.42. The minimum atomic E-state index is -3.70. The number of hydrogen-bond acceptors (Lipinski definition) is 5. The third-order valence-electron chi connectivity index (χ3n) is 5.35. The van der Waals surface area contributed by atoms with Crippen molar-refractivity contribution in [1.82, 2.24) is 14.5 Å². The van der Waals surface area contributed by atoms with Gasteiger partial charge in [-0.1, -0.05) is 36.7 Å². The Labute approximate surface area is 186 Å². The lowest BCUT2D eigenvalue weighted by Gasteiger charge is -2.44. The number of sulfonamides is 1. The third kappa shape index (κ3) is 4.39. The number of rotatable bonds is 6. The van der Waals surface area contributed by atoms with Crippen molar-refractivity contribution < 1.29 is 18.3 Å². The van der Waals surface area contributed by atoms with Crippen molar-refractivity contribution in [2.45, 2.75) is 38.3 Å². The maximum Gasteiger partial charge on any atom is 0.332 e. The molecule has 0 fully saturated rings. The fourth-order valence-electron chi connectivity index (χ4n) is 4.03. The molecule has 1 atom stereocenters. The summed E-state index contributed by atoms with van der Waals surface area (Å²) < 4.78 is 26.3. The second kappa shape index (κ2) is 8.14. The number of carbonyl (C=O) groups excluding carboxylic acids is 1. The van der Waals surface area contributed by atoms with Crippen LogP contribution >= 0.6 is 11.6 Å². The molecule has 166 valence electrons. The van der Waals surface area contributed by atoms with Crippen LogP contribution in [0.15, 0.2) is 48.7 Å². The van der Waals surface area contributed by atoms with Gasteiger partial charge in [-0.15, -0.1) is 0 Å². The predicted octanol–water partition coefficient (Wildman–Crippen LogP) is 3.70. The number of aliphatic hydroxyl groups is 1. The summed E-state index contributed by atoms with van der Waals surface area (Å²) in [6.45, 7) is 5.41. The summed E-state index contributed by atoms with van der Waals surface area (Å²) >= 11 is 6.08. The molecular weight excluding hydrogens is 440 g/mol. The number of aromatic nitrogens is 2. The van der Waals surface area contributed by atoms with Gasteiger partial charge in [-0.2, -0.15) is 5.10 Å². The van der Waals surface area contributed by atoms with Crippen LogP contribution in [0.25, 0.3) is 10.9 Å². The highest BCUT2D eigenvalue weighted by Gasteiger charge is 2.47. The molecule has 31 heavy (non-hydrogen) atoms. The SMILES string of the molecule is CCC(c1ccc(Cl)cc1)(n1ncc2c(NC(=O)NS(C)(=O)=O)cccc21)C(C)(C)O. The molecule has 3 N–H and O–H groups in total. The molecule has 3 rings (SSSR count). The first-order valence-corrected chi connectivity index (χ1v) is 11.9. The van der Waals surface area contributed by atoms with E-state index in [1.165, 1.54) is 0 Å². The second-order valence-electron chi connectivity index (χ2n) is 7.90. The molecule has 8 nitrogen and oxygen atoms in total. The fraction of sp³-hybridized carbons (Fsp3) is 0.333. The molecule has 2 aromatic carbocycles. The number of amides is 2. The maximum atomic E-state index is 12.1. The average Bonchev–Trinajstić information content (AvgIpc) is 3.07. The number of anilines is 1. The monoisotopic (exact) mass is 464 g/mol. The van der Waals surface area contributed by atoms with Gasteiger partial charge in [0.2, 0.25) is 10.0 Å². The number of halogens is 1. The fourth-order valence-corrected chi connectivity index (χ4v) is 4.54. The van der Waals surface area contributed by atoms with Gasteiger partial charge in [0, 0.05) is 10.4 Å². The first kappa shape index (κ1) is 23.1. The predicted molar refractivity (Wildman–Crippen MR) is 122 cm³/mol. The van der Waals surface area contributed by atoms with Crippen molar-refractivity contribution in [3.63, 3.8) is 0 Å². The largest absolute Gasteiger partial charge is 0.388 e. The Morgan fingerprint density at radius 2 is 1.84 bits per heavy atom. The van der Waals surface area contributed by atoms with Crippen molar-refractivity contribution in [3.8, 4) is 0 Å². The van der Waals surface area contributed by atoms with Gasteiger partial charge in [0.15, 0.2) is 0 Å². The number of hydrogen-bond donors (Lipinski definition) is 3. The quantitative estimate of drug-likeness (QED) is 0.514.